The first-order valence-electron chi connectivity index (χ1n) is 19.0. The number of alkyl halides is 3. The number of piperidine rings is 2. The second kappa shape index (κ2) is 14.5. The highest BCUT2D eigenvalue weighted by Gasteiger charge is 2.48. The number of imide groups is 2. The summed E-state index contributed by atoms with van der Waals surface area (Å²) in [5.74, 6) is -1.93. The lowest BCUT2D eigenvalue weighted by Gasteiger charge is -2.43. The van der Waals surface area contributed by atoms with E-state index in [9.17, 15) is 37.1 Å². The molecule has 296 valence electrons. The van der Waals surface area contributed by atoms with Gasteiger partial charge in [-0.2, -0.15) is 18.3 Å². The minimum Gasteiger partial charge on any atom is -0.369 e. The summed E-state index contributed by atoms with van der Waals surface area (Å²) in [5.41, 5.74) is 0.614. The minimum atomic E-state index is -4.54. The van der Waals surface area contributed by atoms with Gasteiger partial charge in [0.15, 0.2) is 0 Å². The van der Waals surface area contributed by atoms with Crippen molar-refractivity contribution in [3.63, 3.8) is 0 Å². The van der Waals surface area contributed by atoms with Gasteiger partial charge in [-0.15, -0.1) is 0 Å². The number of benzene rings is 2. The van der Waals surface area contributed by atoms with Gasteiger partial charge in [-0.3, -0.25) is 43.8 Å². The van der Waals surface area contributed by atoms with Gasteiger partial charge >= 0.3 is 6.18 Å². The Labute approximate surface area is 326 Å². The van der Waals surface area contributed by atoms with Crippen LogP contribution in [0.4, 0.5) is 30.2 Å². The number of nitrogens with one attached hydrogen (secondary N) is 2. The van der Waals surface area contributed by atoms with Crippen molar-refractivity contribution in [2.45, 2.75) is 75.7 Å². The zero-order chi connectivity index (χ0) is 39.5. The highest BCUT2D eigenvalue weighted by Crippen LogP contribution is 2.42. The van der Waals surface area contributed by atoms with E-state index < -0.39 is 46.9 Å². The summed E-state index contributed by atoms with van der Waals surface area (Å²) >= 11 is 6.13. The Balaban J connectivity index is 0.838. The number of halogens is 4. The number of aromatic nitrogens is 2. The third-order valence-corrected chi connectivity index (χ3v) is 12.5. The quantitative estimate of drug-likeness (QED) is 0.305. The van der Waals surface area contributed by atoms with Crippen molar-refractivity contribution in [1.82, 2.24) is 24.9 Å². The van der Waals surface area contributed by atoms with Crippen LogP contribution in [0.15, 0.2) is 48.8 Å². The lowest BCUT2D eigenvalue weighted by Crippen LogP contribution is -2.54. The number of anilines is 3. The van der Waals surface area contributed by atoms with E-state index in [0.29, 0.717) is 18.8 Å². The van der Waals surface area contributed by atoms with Crippen molar-refractivity contribution >= 4 is 58.2 Å². The highest BCUT2D eigenvalue weighted by molar-refractivity contribution is 6.33. The maximum atomic E-state index is 13.5. The fourth-order valence-electron chi connectivity index (χ4n) is 8.68. The lowest BCUT2D eigenvalue weighted by molar-refractivity contribution is -0.138. The number of carbonyl (C=O) groups excluding carboxylic acids is 5. The SMILES string of the molecule is C[C@@H]1CN(c2ccc3c(c2)C(=O)N(C2CCC(=O)NC2=O)C3=O)CCN1CC1CCN(c2cnn(C3(C(=O)Nc4ccc(C(F)(F)F)cc4Cl)CCC3)c2)CC1. The summed E-state index contributed by atoms with van der Waals surface area (Å²) < 4.78 is 41.0. The standard InChI is InChI=1S/C39H42ClF3N8O5/c1-23-20-49(26-4-5-28-29(18-26)36(55)51(35(28)54)32-7-8-33(52)46-34(32)53)16-15-48(23)21-24-9-13-47(14-10-24)27-19-44-50(22-27)38(11-2-12-38)37(56)45-31-6-3-25(17-30(31)40)39(41,42)43/h3-6,17-19,22-24,32H,2,7-16,20-21H2,1H3,(H,45,56)(H,46,52,53)/t23-,32?/m1/s1. The van der Waals surface area contributed by atoms with Crippen LogP contribution in [0.2, 0.25) is 5.02 Å². The van der Waals surface area contributed by atoms with Crippen LogP contribution in [-0.2, 0) is 26.1 Å². The average Bonchev–Trinajstić information content (AvgIpc) is 3.72. The molecular weight excluding hydrogens is 753 g/mol. The summed E-state index contributed by atoms with van der Waals surface area (Å²) in [6.07, 6.45) is 3.22. The molecule has 5 amide bonds. The van der Waals surface area contributed by atoms with Crippen LogP contribution in [-0.4, -0.2) is 100 Å². The van der Waals surface area contributed by atoms with Gasteiger partial charge in [-0.25, -0.2) is 0 Å². The van der Waals surface area contributed by atoms with E-state index in [1.807, 2.05) is 12.3 Å². The van der Waals surface area contributed by atoms with E-state index in [-0.39, 0.29) is 46.6 Å². The molecule has 0 radical (unpaired) electrons. The predicted octanol–water partition coefficient (Wildman–Crippen LogP) is 4.90. The van der Waals surface area contributed by atoms with Crippen LogP contribution >= 0.6 is 11.6 Å². The van der Waals surface area contributed by atoms with Crippen molar-refractivity contribution < 1.29 is 37.1 Å². The summed E-state index contributed by atoms with van der Waals surface area (Å²) in [7, 11) is 0. The molecular formula is C39H42ClF3N8O5. The van der Waals surface area contributed by atoms with Crippen LogP contribution in [0.25, 0.3) is 0 Å². The first-order valence-corrected chi connectivity index (χ1v) is 19.4. The first kappa shape index (κ1) is 37.9. The van der Waals surface area contributed by atoms with E-state index in [1.54, 1.807) is 23.0 Å². The summed E-state index contributed by atoms with van der Waals surface area (Å²) in [6.45, 7) is 7.15. The van der Waals surface area contributed by atoms with Crippen molar-refractivity contribution in [2.24, 2.45) is 5.92 Å². The van der Waals surface area contributed by atoms with Gasteiger partial charge in [0.1, 0.15) is 11.6 Å². The zero-order valence-corrected chi connectivity index (χ0v) is 31.5. The molecule has 13 nitrogen and oxygen atoms in total. The maximum absolute atomic E-state index is 13.5. The van der Waals surface area contributed by atoms with Gasteiger partial charge in [0.2, 0.25) is 11.8 Å². The molecule has 3 aromatic rings. The maximum Gasteiger partial charge on any atom is 0.416 e. The molecule has 1 saturated carbocycles. The number of fused-ring (bicyclic) bond motifs is 1. The number of rotatable bonds is 8. The van der Waals surface area contributed by atoms with Crippen LogP contribution in [0.1, 0.15) is 78.1 Å². The molecule has 3 saturated heterocycles. The molecule has 2 N–H and O–H groups in total. The zero-order valence-electron chi connectivity index (χ0n) is 30.8. The molecule has 56 heavy (non-hydrogen) atoms. The van der Waals surface area contributed by atoms with Crippen LogP contribution < -0.4 is 20.4 Å². The Morgan fingerprint density at radius 3 is 2.36 bits per heavy atom. The molecule has 4 fully saturated rings. The third-order valence-electron chi connectivity index (χ3n) is 12.2. The number of carbonyl (C=O) groups is 5. The largest absolute Gasteiger partial charge is 0.416 e. The molecule has 2 aromatic carbocycles. The van der Waals surface area contributed by atoms with Crippen molar-refractivity contribution in [1.29, 1.82) is 0 Å². The van der Waals surface area contributed by atoms with E-state index in [0.717, 1.165) is 86.9 Å². The number of nitrogens with zero attached hydrogens (tertiary/aromatic N) is 6. The van der Waals surface area contributed by atoms with E-state index in [2.05, 4.69) is 37.4 Å². The number of piperazine rings is 1. The van der Waals surface area contributed by atoms with E-state index >= 15 is 0 Å². The molecule has 2 atom stereocenters. The molecule has 4 aliphatic heterocycles. The molecule has 1 aliphatic carbocycles. The molecule has 1 unspecified atom stereocenters. The summed E-state index contributed by atoms with van der Waals surface area (Å²) in [4.78, 5) is 72.1. The molecule has 5 heterocycles. The average molecular weight is 795 g/mol. The monoisotopic (exact) mass is 794 g/mol. The van der Waals surface area contributed by atoms with Gasteiger partial charge in [0.05, 0.1) is 39.3 Å². The van der Waals surface area contributed by atoms with Gasteiger partial charge in [0, 0.05) is 63.6 Å². The van der Waals surface area contributed by atoms with Gasteiger partial charge in [-0.05, 0) is 87.8 Å². The topological polar surface area (TPSA) is 140 Å². The fraction of sp³-hybridized carbons (Fsp3) is 0.487. The number of amides is 5. The Morgan fingerprint density at radius 2 is 1.70 bits per heavy atom. The summed E-state index contributed by atoms with van der Waals surface area (Å²) in [6, 6.07) is 7.39. The van der Waals surface area contributed by atoms with Crippen molar-refractivity contribution in [3.05, 3.63) is 70.5 Å². The molecule has 1 aromatic heterocycles. The normalized spacial score (nSPS) is 23.3. The Hall–Kier alpha value is -4.96. The van der Waals surface area contributed by atoms with Crippen molar-refractivity contribution in [2.75, 3.05) is 54.4 Å². The Bertz CT molecular complexity index is 2100. The minimum absolute atomic E-state index is 0.0712. The van der Waals surface area contributed by atoms with E-state index in [1.165, 1.54) is 6.07 Å². The molecule has 17 heteroatoms. The Kier molecular flexibility index (Phi) is 9.84. The molecule has 0 bridgehead atoms. The Morgan fingerprint density at radius 1 is 0.946 bits per heavy atom. The smallest absolute Gasteiger partial charge is 0.369 e. The van der Waals surface area contributed by atoms with E-state index in [4.69, 9.17) is 11.6 Å². The number of hydrogen-bond donors (Lipinski definition) is 2. The third kappa shape index (κ3) is 6.90. The van der Waals surface area contributed by atoms with Gasteiger partial charge in [0.25, 0.3) is 17.7 Å². The van der Waals surface area contributed by atoms with Crippen LogP contribution in [0, 0.1) is 5.92 Å². The highest BCUT2D eigenvalue weighted by atomic mass is 35.5. The second-order valence-corrected chi connectivity index (χ2v) is 16.0. The number of hydrogen-bond acceptors (Lipinski definition) is 9. The molecule has 8 rings (SSSR count). The fourth-order valence-corrected chi connectivity index (χ4v) is 8.90. The molecule has 0 spiro atoms. The molecule has 5 aliphatic rings. The predicted molar refractivity (Wildman–Crippen MR) is 200 cm³/mol. The van der Waals surface area contributed by atoms with Gasteiger partial charge < -0.3 is 15.1 Å². The second-order valence-electron chi connectivity index (χ2n) is 15.6. The van der Waals surface area contributed by atoms with Crippen molar-refractivity contribution in [3.8, 4) is 0 Å². The van der Waals surface area contributed by atoms with Crippen LogP contribution in [0.3, 0.4) is 0 Å². The van der Waals surface area contributed by atoms with Gasteiger partial charge in [-0.1, -0.05) is 11.6 Å². The summed E-state index contributed by atoms with van der Waals surface area (Å²) in [5, 5.41) is 9.37. The lowest BCUT2D eigenvalue weighted by atomic mass is 9.76. The van der Waals surface area contributed by atoms with Crippen LogP contribution in [0.5, 0.6) is 0 Å². The first-order chi connectivity index (χ1) is 26.7.